The van der Waals surface area contributed by atoms with Crippen molar-refractivity contribution < 1.29 is 4.74 Å². The van der Waals surface area contributed by atoms with Crippen LogP contribution in [0.25, 0.3) is 10.8 Å². The average molecular weight is 285 g/mol. The highest BCUT2D eigenvalue weighted by Crippen LogP contribution is 2.29. The molecular weight excluding hydrogens is 258 g/mol. The molecule has 2 heteroatoms. The van der Waals surface area contributed by atoms with Crippen LogP contribution in [0.2, 0.25) is 0 Å². The zero-order valence-corrected chi connectivity index (χ0v) is 13.7. The number of hydrogen-bond donors (Lipinski definition) is 1. The SMILES string of the molecule is CCNCc1c(OCCC(C)(C)C)ccc2ccccc12. The molecule has 0 bridgehead atoms. The lowest BCUT2D eigenvalue weighted by atomic mass is 9.93. The van der Waals surface area contributed by atoms with Crippen LogP contribution < -0.4 is 10.1 Å². The largest absolute Gasteiger partial charge is 0.493 e. The summed E-state index contributed by atoms with van der Waals surface area (Å²) in [6, 6.07) is 12.8. The van der Waals surface area contributed by atoms with E-state index in [1.54, 1.807) is 0 Å². The van der Waals surface area contributed by atoms with Gasteiger partial charge in [-0.3, -0.25) is 0 Å². The first kappa shape index (κ1) is 15.8. The van der Waals surface area contributed by atoms with Crippen LogP contribution in [0.5, 0.6) is 5.75 Å². The predicted molar refractivity (Wildman–Crippen MR) is 90.9 cm³/mol. The Morgan fingerprint density at radius 1 is 1.05 bits per heavy atom. The van der Waals surface area contributed by atoms with Gasteiger partial charge in [-0.2, -0.15) is 0 Å². The predicted octanol–water partition coefficient (Wildman–Crippen LogP) is 4.76. The van der Waals surface area contributed by atoms with Gasteiger partial charge in [0, 0.05) is 12.1 Å². The third-order valence-corrected chi connectivity index (χ3v) is 3.66. The maximum Gasteiger partial charge on any atom is 0.124 e. The Morgan fingerprint density at radius 3 is 2.52 bits per heavy atom. The van der Waals surface area contributed by atoms with Crippen LogP contribution >= 0.6 is 0 Å². The van der Waals surface area contributed by atoms with E-state index in [2.05, 4.69) is 69.4 Å². The van der Waals surface area contributed by atoms with Crippen LogP contribution in [0.15, 0.2) is 36.4 Å². The van der Waals surface area contributed by atoms with Gasteiger partial charge in [0.25, 0.3) is 0 Å². The topological polar surface area (TPSA) is 21.3 Å². The standard InChI is InChI=1S/C19H27NO/c1-5-20-14-17-16-9-7-6-8-15(16)10-11-18(17)21-13-12-19(2,3)4/h6-11,20H,5,12-14H2,1-4H3. The van der Waals surface area contributed by atoms with Crippen molar-refractivity contribution in [3.63, 3.8) is 0 Å². The summed E-state index contributed by atoms with van der Waals surface area (Å²) >= 11 is 0. The van der Waals surface area contributed by atoms with Crippen LogP contribution in [-0.4, -0.2) is 13.2 Å². The monoisotopic (exact) mass is 285 g/mol. The van der Waals surface area contributed by atoms with E-state index in [0.29, 0.717) is 5.41 Å². The van der Waals surface area contributed by atoms with Crippen LogP contribution in [0.1, 0.15) is 39.7 Å². The third kappa shape index (κ3) is 4.47. The first-order valence-corrected chi connectivity index (χ1v) is 7.85. The first-order valence-electron chi connectivity index (χ1n) is 7.85. The van der Waals surface area contributed by atoms with Crippen LogP contribution in [-0.2, 0) is 6.54 Å². The maximum absolute atomic E-state index is 6.08. The Bertz CT molecular complexity index is 584. The summed E-state index contributed by atoms with van der Waals surface area (Å²) in [6.45, 7) is 11.4. The second-order valence-electron chi connectivity index (χ2n) is 6.70. The van der Waals surface area contributed by atoms with E-state index >= 15 is 0 Å². The van der Waals surface area contributed by atoms with E-state index in [9.17, 15) is 0 Å². The van der Waals surface area contributed by atoms with Crippen molar-refractivity contribution in [2.75, 3.05) is 13.2 Å². The molecule has 0 saturated carbocycles. The minimum atomic E-state index is 0.304. The van der Waals surface area contributed by atoms with Gasteiger partial charge in [0.1, 0.15) is 5.75 Å². The fraction of sp³-hybridized carbons (Fsp3) is 0.474. The van der Waals surface area contributed by atoms with Gasteiger partial charge in [0.15, 0.2) is 0 Å². The Morgan fingerprint density at radius 2 is 1.81 bits per heavy atom. The molecular formula is C19H27NO. The molecule has 0 atom stereocenters. The molecule has 0 saturated heterocycles. The summed E-state index contributed by atoms with van der Waals surface area (Å²) in [5.41, 5.74) is 1.57. The van der Waals surface area contributed by atoms with Crippen molar-refractivity contribution in [3.05, 3.63) is 42.0 Å². The van der Waals surface area contributed by atoms with Gasteiger partial charge >= 0.3 is 0 Å². The normalized spacial score (nSPS) is 11.8. The molecule has 0 spiro atoms. The van der Waals surface area contributed by atoms with Crippen molar-refractivity contribution in [3.8, 4) is 5.75 Å². The fourth-order valence-corrected chi connectivity index (χ4v) is 2.35. The molecule has 0 radical (unpaired) electrons. The van der Waals surface area contributed by atoms with Gasteiger partial charge in [-0.05, 0) is 35.2 Å². The molecule has 0 amide bonds. The van der Waals surface area contributed by atoms with Gasteiger partial charge in [0.2, 0.25) is 0 Å². The van der Waals surface area contributed by atoms with E-state index in [0.717, 1.165) is 31.9 Å². The van der Waals surface area contributed by atoms with E-state index in [-0.39, 0.29) is 0 Å². The highest BCUT2D eigenvalue weighted by Gasteiger charge is 2.12. The minimum absolute atomic E-state index is 0.304. The molecule has 0 fully saturated rings. The third-order valence-electron chi connectivity index (χ3n) is 3.66. The van der Waals surface area contributed by atoms with Gasteiger partial charge in [-0.15, -0.1) is 0 Å². The molecule has 0 aliphatic rings. The summed E-state index contributed by atoms with van der Waals surface area (Å²) in [6.07, 6.45) is 1.06. The van der Waals surface area contributed by atoms with Crippen LogP contribution in [0, 0.1) is 5.41 Å². The number of fused-ring (bicyclic) bond motifs is 1. The second kappa shape index (κ2) is 6.95. The number of hydrogen-bond acceptors (Lipinski definition) is 2. The highest BCUT2D eigenvalue weighted by molar-refractivity contribution is 5.87. The summed E-state index contributed by atoms with van der Waals surface area (Å²) < 4.78 is 6.08. The molecule has 0 aromatic heterocycles. The molecule has 0 heterocycles. The highest BCUT2D eigenvalue weighted by atomic mass is 16.5. The smallest absolute Gasteiger partial charge is 0.124 e. The lowest BCUT2D eigenvalue weighted by molar-refractivity contribution is 0.241. The van der Waals surface area contributed by atoms with Crippen molar-refractivity contribution in [1.29, 1.82) is 0 Å². The Kier molecular flexibility index (Phi) is 5.24. The maximum atomic E-state index is 6.08. The van der Waals surface area contributed by atoms with Crippen molar-refractivity contribution >= 4 is 10.8 Å². The number of rotatable bonds is 6. The molecule has 2 rings (SSSR count). The van der Waals surface area contributed by atoms with Crippen molar-refractivity contribution in [2.45, 2.75) is 40.7 Å². The lowest BCUT2D eigenvalue weighted by Gasteiger charge is -2.20. The lowest BCUT2D eigenvalue weighted by Crippen LogP contribution is -2.15. The molecule has 0 aliphatic carbocycles. The molecule has 21 heavy (non-hydrogen) atoms. The van der Waals surface area contributed by atoms with Gasteiger partial charge in [0.05, 0.1) is 6.61 Å². The Hall–Kier alpha value is -1.54. The Balaban J connectivity index is 2.24. The summed E-state index contributed by atoms with van der Waals surface area (Å²) in [5, 5.41) is 5.98. The average Bonchev–Trinajstić information content (AvgIpc) is 2.44. The second-order valence-corrected chi connectivity index (χ2v) is 6.70. The summed E-state index contributed by atoms with van der Waals surface area (Å²) in [5.74, 6) is 1.01. The van der Waals surface area contributed by atoms with E-state index in [1.807, 2.05) is 0 Å². The molecule has 0 unspecified atom stereocenters. The quantitative estimate of drug-likeness (QED) is 0.826. The van der Waals surface area contributed by atoms with Gasteiger partial charge in [-0.25, -0.2) is 0 Å². The fourth-order valence-electron chi connectivity index (χ4n) is 2.35. The number of benzene rings is 2. The number of nitrogens with one attached hydrogen (secondary N) is 1. The number of ether oxygens (including phenoxy) is 1. The molecule has 114 valence electrons. The molecule has 2 aromatic rings. The summed E-state index contributed by atoms with van der Waals surface area (Å²) in [7, 11) is 0. The van der Waals surface area contributed by atoms with E-state index < -0.39 is 0 Å². The summed E-state index contributed by atoms with van der Waals surface area (Å²) in [4.78, 5) is 0. The van der Waals surface area contributed by atoms with Crippen molar-refractivity contribution in [1.82, 2.24) is 5.32 Å². The van der Waals surface area contributed by atoms with Gasteiger partial charge < -0.3 is 10.1 Å². The molecule has 1 N–H and O–H groups in total. The Labute approximate surface area is 128 Å². The van der Waals surface area contributed by atoms with E-state index in [4.69, 9.17) is 4.74 Å². The van der Waals surface area contributed by atoms with E-state index in [1.165, 1.54) is 16.3 Å². The minimum Gasteiger partial charge on any atom is -0.493 e. The van der Waals surface area contributed by atoms with Crippen LogP contribution in [0.4, 0.5) is 0 Å². The zero-order chi connectivity index (χ0) is 15.3. The first-order chi connectivity index (χ1) is 10.0. The molecule has 2 nitrogen and oxygen atoms in total. The van der Waals surface area contributed by atoms with Gasteiger partial charge in [-0.1, -0.05) is 58.0 Å². The van der Waals surface area contributed by atoms with Crippen LogP contribution in [0.3, 0.4) is 0 Å². The molecule has 0 aliphatic heterocycles. The zero-order valence-electron chi connectivity index (χ0n) is 13.7. The van der Waals surface area contributed by atoms with Crippen molar-refractivity contribution in [2.24, 2.45) is 5.41 Å². The molecule has 2 aromatic carbocycles.